The molecule has 0 heterocycles. The van der Waals surface area contributed by atoms with E-state index < -0.39 is 0 Å². The fourth-order valence-electron chi connectivity index (χ4n) is 0.977. The van der Waals surface area contributed by atoms with Crippen molar-refractivity contribution in [2.24, 2.45) is 0 Å². The van der Waals surface area contributed by atoms with Crippen molar-refractivity contribution in [2.75, 3.05) is 5.88 Å². The molecule has 1 N–H and O–H groups in total. The topological polar surface area (TPSA) is 20.2 Å². The van der Waals surface area contributed by atoms with Gasteiger partial charge in [0, 0.05) is 5.88 Å². The van der Waals surface area contributed by atoms with Gasteiger partial charge in [0.25, 0.3) is 0 Å². The number of hydrogen-bond acceptors (Lipinski definition) is 1. The van der Waals surface area contributed by atoms with Gasteiger partial charge in [-0.2, -0.15) is 0 Å². The van der Waals surface area contributed by atoms with Gasteiger partial charge in [0.15, 0.2) is 0 Å². The van der Waals surface area contributed by atoms with Crippen LogP contribution in [-0.2, 0) is 6.42 Å². The van der Waals surface area contributed by atoms with Gasteiger partial charge in [-0.05, 0) is 46.5 Å². The summed E-state index contributed by atoms with van der Waals surface area (Å²) in [6.07, 6.45) is 1.93. The minimum Gasteiger partial charge on any atom is -0.507 e. The van der Waals surface area contributed by atoms with Crippen molar-refractivity contribution < 1.29 is 5.11 Å². The van der Waals surface area contributed by atoms with Gasteiger partial charge in [-0.3, -0.25) is 0 Å². The van der Waals surface area contributed by atoms with Gasteiger partial charge in [0.05, 0.1) is 4.47 Å². The SMILES string of the molecule is Oc1ccc(CCCCl)cc1Br. The van der Waals surface area contributed by atoms with Crippen LogP contribution in [0.25, 0.3) is 0 Å². The second kappa shape index (κ2) is 4.73. The third-order valence-corrected chi connectivity index (χ3v) is 2.51. The molecule has 3 heteroatoms. The Morgan fingerprint density at radius 3 is 2.75 bits per heavy atom. The second-order valence-corrected chi connectivity index (χ2v) is 3.81. The van der Waals surface area contributed by atoms with Gasteiger partial charge in [-0.1, -0.05) is 6.07 Å². The highest BCUT2D eigenvalue weighted by Crippen LogP contribution is 2.24. The van der Waals surface area contributed by atoms with E-state index in [9.17, 15) is 5.11 Å². The van der Waals surface area contributed by atoms with Crippen molar-refractivity contribution in [3.8, 4) is 5.75 Å². The summed E-state index contributed by atoms with van der Waals surface area (Å²) >= 11 is 8.82. The van der Waals surface area contributed by atoms with E-state index in [-0.39, 0.29) is 5.75 Å². The van der Waals surface area contributed by atoms with E-state index in [4.69, 9.17) is 11.6 Å². The summed E-state index contributed by atoms with van der Waals surface area (Å²) in [6, 6.07) is 5.52. The van der Waals surface area contributed by atoms with E-state index >= 15 is 0 Å². The first-order chi connectivity index (χ1) is 5.74. The minimum atomic E-state index is 0.282. The lowest BCUT2D eigenvalue weighted by Gasteiger charge is -2.01. The van der Waals surface area contributed by atoms with Gasteiger partial charge < -0.3 is 5.11 Å². The van der Waals surface area contributed by atoms with Crippen LogP contribution in [0.15, 0.2) is 22.7 Å². The summed E-state index contributed by atoms with van der Waals surface area (Å²) in [7, 11) is 0. The molecule has 0 amide bonds. The molecule has 0 aliphatic heterocycles. The molecular weight excluding hydrogens is 239 g/mol. The van der Waals surface area contributed by atoms with Crippen molar-refractivity contribution in [2.45, 2.75) is 12.8 Å². The van der Waals surface area contributed by atoms with Crippen LogP contribution in [0.2, 0.25) is 0 Å². The lowest BCUT2D eigenvalue weighted by molar-refractivity contribution is 0.471. The largest absolute Gasteiger partial charge is 0.507 e. The molecule has 0 radical (unpaired) electrons. The average Bonchev–Trinajstić information content (AvgIpc) is 2.07. The smallest absolute Gasteiger partial charge is 0.129 e. The van der Waals surface area contributed by atoms with Crippen molar-refractivity contribution in [3.05, 3.63) is 28.2 Å². The highest BCUT2D eigenvalue weighted by atomic mass is 79.9. The third-order valence-electron chi connectivity index (χ3n) is 1.61. The number of rotatable bonds is 3. The van der Waals surface area contributed by atoms with E-state index in [0.29, 0.717) is 5.88 Å². The van der Waals surface area contributed by atoms with Crippen LogP contribution in [0.4, 0.5) is 0 Å². The number of alkyl halides is 1. The van der Waals surface area contributed by atoms with Gasteiger partial charge >= 0.3 is 0 Å². The number of phenols is 1. The standard InChI is InChI=1S/C9H10BrClO/c10-8-6-7(2-1-5-11)3-4-9(8)12/h3-4,6,12H,1-2,5H2. The number of hydrogen-bond donors (Lipinski definition) is 1. The molecule has 0 saturated carbocycles. The van der Waals surface area contributed by atoms with Crippen LogP contribution in [0.1, 0.15) is 12.0 Å². The zero-order chi connectivity index (χ0) is 8.97. The maximum Gasteiger partial charge on any atom is 0.129 e. The first-order valence-electron chi connectivity index (χ1n) is 3.77. The zero-order valence-electron chi connectivity index (χ0n) is 6.56. The number of halogens is 2. The molecule has 1 rings (SSSR count). The Morgan fingerprint density at radius 2 is 2.17 bits per heavy atom. The van der Waals surface area contributed by atoms with E-state index in [2.05, 4.69) is 15.9 Å². The lowest BCUT2D eigenvalue weighted by atomic mass is 10.1. The molecule has 66 valence electrons. The summed E-state index contributed by atoms with van der Waals surface area (Å²) in [5, 5.41) is 9.20. The third kappa shape index (κ3) is 2.68. The highest BCUT2D eigenvalue weighted by Gasteiger charge is 1.98. The number of aromatic hydroxyl groups is 1. The maximum atomic E-state index is 9.20. The van der Waals surface area contributed by atoms with Crippen LogP contribution in [0, 0.1) is 0 Å². The van der Waals surface area contributed by atoms with E-state index in [1.165, 1.54) is 5.56 Å². The predicted molar refractivity (Wildman–Crippen MR) is 54.8 cm³/mol. The first kappa shape index (κ1) is 9.87. The van der Waals surface area contributed by atoms with Crippen LogP contribution in [0.5, 0.6) is 5.75 Å². The van der Waals surface area contributed by atoms with Crippen LogP contribution < -0.4 is 0 Å². The molecule has 0 aliphatic carbocycles. The number of benzene rings is 1. The number of phenolic OH excluding ortho intramolecular Hbond substituents is 1. The molecule has 0 spiro atoms. The Labute approximate surface area is 85.5 Å². The fourth-order valence-corrected chi connectivity index (χ4v) is 1.54. The molecule has 0 fully saturated rings. The van der Waals surface area contributed by atoms with Gasteiger partial charge in [0.1, 0.15) is 5.75 Å². The summed E-state index contributed by atoms with van der Waals surface area (Å²) in [5.41, 5.74) is 1.19. The monoisotopic (exact) mass is 248 g/mol. The molecule has 0 saturated heterocycles. The van der Waals surface area contributed by atoms with Crippen LogP contribution >= 0.6 is 27.5 Å². The van der Waals surface area contributed by atoms with Crippen molar-refractivity contribution >= 4 is 27.5 Å². The predicted octanol–water partition coefficient (Wildman–Crippen LogP) is 3.33. The molecule has 1 aromatic rings. The Morgan fingerprint density at radius 1 is 1.42 bits per heavy atom. The molecule has 0 aromatic heterocycles. The van der Waals surface area contributed by atoms with Gasteiger partial charge in [0.2, 0.25) is 0 Å². The fraction of sp³-hybridized carbons (Fsp3) is 0.333. The molecule has 1 nitrogen and oxygen atoms in total. The Bertz CT molecular complexity index is 263. The van der Waals surface area contributed by atoms with Crippen molar-refractivity contribution in [1.82, 2.24) is 0 Å². The summed E-state index contributed by atoms with van der Waals surface area (Å²) < 4.78 is 0.745. The molecule has 0 bridgehead atoms. The summed E-state index contributed by atoms with van der Waals surface area (Å²) in [4.78, 5) is 0. The Kier molecular flexibility index (Phi) is 3.89. The minimum absolute atomic E-state index is 0.282. The quantitative estimate of drug-likeness (QED) is 0.815. The Hall–Kier alpha value is -0.210. The van der Waals surface area contributed by atoms with E-state index in [0.717, 1.165) is 17.3 Å². The van der Waals surface area contributed by atoms with Gasteiger partial charge in [-0.15, -0.1) is 11.6 Å². The van der Waals surface area contributed by atoms with Crippen LogP contribution in [-0.4, -0.2) is 11.0 Å². The first-order valence-corrected chi connectivity index (χ1v) is 5.10. The molecule has 12 heavy (non-hydrogen) atoms. The zero-order valence-corrected chi connectivity index (χ0v) is 8.90. The van der Waals surface area contributed by atoms with Crippen molar-refractivity contribution in [1.29, 1.82) is 0 Å². The molecule has 0 aliphatic rings. The van der Waals surface area contributed by atoms with E-state index in [1.54, 1.807) is 6.07 Å². The maximum absolute atomic E-state index is 9.20. The number of aryl methyl sites for hydroxylation is 1. The highest BCUT2D eigenvalue weighted by molar-refractivity contribution is 9.10. The Balaban J connectivity index is 2.69. The summed E-state index contributed by atoms with van der Waals surface area (Å²) in [5.74, 6) is 0.961. The molecular formula is C9H10BrClO. The van der Waals surface area contributed by atoms with Crippen LogP contribution in [0.3, 0.4) is 0 Å². The second-order valence-electron chi connectivity index (χ2n) is 2.58. The average molecular weight is 250 g/mol. The molecule has 0 unspecified atom stereocenters. The summed E-state index contributed by atoms with van der Waals surface area (Å²) in [6.45, 7) is 0. The van der Waals surface area contributed by atoms with E-state index in [1.807, 2.05) is 12.1 Å². The van der Waals surface area contributed by atoms with Gasteiger partial charge in [-0.25, -0.2) is 0 Å². The van der Waals surface area contributed by atoms with Crippen molar-refractivity contribution in [3.63, 3.8) is 0 Å². The lowest BCUT2D eigenvalue weighted by Crippen LogP contribution is -1.85. The molecule has 0 atom stereocenters. The normalized spacial score (nSPS) is 10.2. The molecule has 1 aromatic carbocycles.